The number of nitrogen functional groups attached to an aromatic ring is 1. The quantitative estimate of drug-likeness (QED) is 0.671. The topological polar surface area (TPSA) is 55.1 Å². The Morgan fingerprint density at radius 1 is 1.10 bits per heavy atom. The molecule has 0 aliphatic carbocycles. The molecule has 0 unspecified atom stereocenters. The minimum atomic E-state index is -1.57. The zero-order valence-corrected chi connectivity index (χ0v) is 10.3. The molecule has 0 aromatic heterocycles. The molecule has 2 aromatic rings. The largest absolute Gasteiger partial charge is 0.399 e. The van der Waals surface area contributed by atoms with Gasteiger partial charge in [0.1, 0.15) is 0 Å². The summed E-state index contributed by atoms with van der Waals surface area (Å²) in [4.78, 5) is 11.7. The van der Waals surface area contributed by atoms with Crippen molar-refractivity contribution < 1.29 is 18.0 Å². The van der Waals surface area contributed by atoms with Gasteiger partial charge in [-0.3, -0.25) is 4.79 Å². The molecule has 0 fully saturated rings. The highest BCUT2D eigenvalue weighted by atomic mass is 19.2. The Kier molecular flexibility index (Phi) is 3.93. The third-order valence-corrected chi connectivity index (χ3v) is 2.58. The van der Waals surface area contributed by atoms with Gasteiger partial charge < -0.3 is 11.1 Å². The van der Waals surface area contributed by atoms with E-state index in [1.807, 2.05) is 0 Å². The fourth-order valence-corrected chi connectivity index (χ4v) is 1.72. The Morgan fingerprint density at radius 3 is 2.35 bits per heavy atom. The van der Waals surface area contributed by atoms with E-state index in [2.05, 4.69) is 5.32 Å². The van der Waals surface area contributed by atoms with E-state index in [0.29, 0.717) is 11.3 Å². The molecule has 104 valence electrons. The van der Waals surface area contributed by atoms with Crippen molar-refractivity contribution in [3.05, 3.63) is 59.4 Å². The molecule has 1 amide bonds. The van der Waals surface area contributed by atoms with Crippen LogP contribution in [0.5, 0.6) is 0 Å². The molecule has 0 aliphatic heterocycles. The number of carbonyl (C=O) groups excluding carboxylic acids is 1. The molecule has 0 radical (unpaired) electrons. The van der Waals surface area contributed by atoms with Crippen LogP contribution >= 0.6 is 0 Å². The van der Waals surface area contributed by atoms with Gasteiger partial charge in [-0.15, -0.1) is 0 Å². The molecular formula is C14H11F3N2O. The first kappa shape index (κ1) is 13.9. The highest BCUT2D eigenvalue weighted by Gasteiger charge is 2.12. The summed E-state index contributed by atoms with van der Waals surface area (Å²) in [7, 11) is 0. The van der Waals surface area contributed by atoms with Crippen LogP contribution in [0.15, 0.2) is 36.4 Å². The Labute approximate surface area is 113 Å². The Morgan fingerprint density at radius 2 is 1.75 bits per heavy atom. The van der Waals surface area contributed by atoms with Gasteiger partial charge in [-0.25, -0.2) is 13.2 Å². The summed E-state index contributed by atoms with van der Waals surface area (Å²) >= 11 is 0. The lowest BCUT2D eigenvalue weighted by molar-refractivity contribution is -0.115. The van der Waals surface area contributed by atoms with Gasteiger partial charge in [0.2, 0.25) is 5.91 Å². The van der Waals surface area contributed by atoms with E-state index in [1.165, 1.54) is 0 Å². The molecule has 6 heteroatoms. The number of hydrogen-bond acceptors (Lipinski definition) is 2. The number of amides is 1. The second-order valence-electron chi connectivity index (χ2n) is 4.22. The van der Waals surface area contributed by atoms with E-state index in [-0.39, 0.29) is 12.1 Å². The van der Waals surface area contributed by atoms with Crippen molar-refractivity contribution in [1.29, 1.82) is 0 Å². The molecule has 20 heavy (non-hydrogen) atoms. The Balaban J connectivity index is 2.09. The number of hydrogen-bond donors (Lipinski definition) is 2. The number of anilines is 2. The number of nitrogens with two attached hydrogens (primary N) is 1. The van der Waals surface area contributed by atoms with Crippen LogP contribution in [0.1, 0.15) is 5.56 Å². The predicted molar refractivity (Wildman–Crippen MR) is 69.5 cm³/mol. The van der Waals surface area contributed by atoms with Crippen LogP contribution < -0.4 is 11.1 Å². The summed E-state index contributed by atoms with van der Waals surface area (Å²) in [6.07, 6.45) is -0.00828. The normalized spacial score (nSPS) is 10.3. The van der Waals surface area contributed by atoms with E-state index < -0.39 is 23.4 Å². The van der Waals surface area contributed by atoms with Crippen LogP contribution in [0.3, 0.4) is 0 Å². The molecule has 3 nitrogen and oxygen atoms in total. The maximum absolute atomic E-state index is 13.0. The zero-order valence-electron chi connectivity index (χ0n) is 10.3. The minimum absolute atomic E-state index is 0.00828. The van der Waals surface area contributed by atoms with Gasteiger partial charge in [-0.1, -0.05) is 12.1 Å². The van der Waals surface area contributed by atoms with E-state index in [1.54, 1.807) is 24.3 Å². The van der Waals surface area contributed by atoms with E-state index in [4.69, 9.17) is 5.73 Å². The van der Waals surface area contributed by atoms with Crippen molar-refractivity contribution in [1.82, 2.24) is 0 Å². The first-order valence-corrected chi connectivity index (χ1v) is 5.74. The molecular weight excluding hydrogens is 269 g/mol. The Hall–Kier alpha value is -2.50. The standard InChI is InChI=1S/C14H11F3N2O/c15-11-6-10(7-12(16)14(11)17)19-13(20)5-8-2-1-3-9(18)4-8/h1-4,6-7H,5,18H2,(H,19,20). The molecule has 0 bridgehead atoms. The van der Waals surface area contributed by atoms with Gasteiger partial charge in [0.15, 0.2) is 17.5 Å². The fraction of sp³-hybridized carbons (Fsp3) is 0.0714. The van der Waals surface area contributed by atoms with Crippen LogP contribution in [-0.2, 0) is 11.2 Å². The van der Waals surface area contributed by atoms with Crippen molar-refractivity contribution in [2.45, 2.75) is 6.42 Å². The smallest absolute Gasteiger partial charge is 0.228 e. The van der Waals surface area contributed by atoms with Gasteiger partial charge >= 0.3 is 0 Å². The van der Waals surface area contributed by atoms with Crippen LogP contribution in [0.25, 0.3) is 0 Å². The van der Waals surface area contributed by atoms with Gasteiger partial charge in [0.25, 0.3) is 0 Å². The second-order valence-corrected chi connectivity index (χ2v) is 4.22. The number of benzene rings is 2. The molecule has 0 spiro atoms. The molecule has 0 atom stereocenters. The zero-order chi connectivity index (χ0) is 14.7. The average molecular weight is 280 g/mol. The maximum atomic E-state index is 13.0. The van der Waals surface area contributed by atoms with Crippen LogP contribution in [0, 0.1) is 17.5 Å². The number of carbonyl (C=O) groups is 1. The highest BCUT2D eigenvalue weighted by molar-refractivity contribution is 5.92. The van der Waals surface area contributed by atoms with Crippen LogP contribution in [0.4, 0.5) is 24.5 Å². The fourth-order valence-electron chi connectivity index (χ4n) is 1.72. The summed E-state index contributed by atoms with van der Waals surface area (Å²) < 4.78 is 38.7. The van der Waals surface area contributed by atoms with Crippen molar-refractivity contribution in [3.63, 3.8) is 0 Å². The number of halogens is 3. The Bertz CT molecular complexity index is 636. The molecule has 2 aromatic carbocycles. The summed E-state index contributed by atoms with van der Waals surface area (Å²) in [6, 6.07) is 8.11. The van der Waals surface area contributed by atoms with Gasteiger partial charge in [-0.2, -0.15) is 0 Å². The lowest BCUT2D eigenvalue weighted by Crippen LogP contribution is -2.15. The summed E-state index contributed by atoms with van der Waals surface area (Å²) in [6.45, 7) is 0. The number of rotatable bonds is 3. The van der Waals surface area contributed by atoms with Crippen LogP contribution in [0.2, 0.25) is 0 Å². The van der Waals surface area contributed by atoms with Gasteiger partial charge in [0.05, 0.1) is 6.42 Å². The average Bonchev–Trinajstić information content (AvgIpc) is 2.35. The predicted octanol–water partition coefficient (Wildman–Crippen LogP) is 2.87. The van der Waals surface area contributed by atoms with E-state index in [9.17, 15) is 18.0 Å². The number of nitrogens with one attached hydrogen (secondary N) is 1. The van der Waals surface area contributed by atoms with Crippen molar-refractivity contribution in [2.75, 3.05) is 11.1 Å². The highest BCUT2D eigenvalue weighted by Crippen LogP contribution is 2.17. The molecule has 2 rings (SSSR count). The summed E-state index contributed by atoms with van der Waals surface area (Å²) in [5, 5.41) is 2.29. The van der Waals surface area contributed by atoms with Gasteiger partial charge in [0, 0.05) is 23.5 Å². The second kappa shape index (κ2) is 5.64. The van der Waals surface area contributed by atoms with Crippen molar-refractivity contribution in [2.24, 2.45) is 0 Å². The summed E-state index contributed by atoms with van der Waals surface area (Å²) in [5.41, 5.74) is 6.59. The maximum Gasteiger partial charge on any atom is 0.228 e. The van der Waals surface area contributed by atoms with E-state index >= 15 is 0 Å². The minimum Gasteiger partial charge on any atom is -0.399 e. The third-order valence-electron chi connectivity index (χ3n) is 2.58. The van der Waals surface area contributed by atoms with Crippen LogP contribution in [-0.4, -0.2) is 5.91 Å². The first-order chi connectivity index (χ1) is 9.45. The molecule has 0 saturated heterocycles. The van der Waals surface area contributed by atoms with Crippen molar-refractivity contribution >= 4 is 17.3 Å². The first-order valence-electron chi connectivity index (χ1n) is 5.74. The third kappa shape index (κ3) is 3.28. The lowest BCUT2D eigenvalue weighted by atomic mass is 10.1. The lowest BCUT2D eigenvalue weighted by Gasteiger charge is -2.07. The summed E-state index contributed by atoms with van der Waals surface area (Å²) in [5.74, 6) is -4.77. The van der Waals surface area contributed by atoms with Crippen molar-refractivity contribution in [3.8, 4) is 0 Å². The molecule has 0 heterocycles. The molecule has 0 aliphatic rings. The molecule has 0 saturated carbocycles. The van der Waals surface area contributed by atoms with Gasteiger partial charge in [-0.05, 0) is 17.7 Å². The van der Waals surface area contributed by atoms with E-state index in [0.717, 1.165) is 12.1 Å². The molecule has 3 N–H and O–H groups in total. The monoisotopic (exact) mass is 280 g/mol. The SMILES string of the molecule is Nc1cccc(CC(=O)Nc2cc(F)c(F)c(F)c2)c1.